The third-order valence-electron chi connectivity index (χ3n) is 3.11. The van der Waals surface area contributed by atoms with Crippen LogP contribution in [-0.4, -0.2) is 15.6 Å². The van der Waals surface area contributed by atoms with Crippen molar-refractivity contribution < 1.29 is 0 Å². The number of aromatic nitrogens is 2. The van der Waals surface area contributed by atoms with Gasteiger partial charge in [0.05, 0.1) is 11.0 Å². The van der Waals surface area contributed by atoms with Crippen molar-refractivity contribution in [2.45, 2.75) is 32.4 Å². The molecule has 1 aliphatic heterocycles. The Kier molecular flexibility index (Phi) is 1.75. The van der Waals surface area contributed by atoms with E-state index in [0.29, 0.717) is 12.1 Å². The van der Waals surface area contributed by atoms with E-state index in [2.05, 4.69) is 46.9 Å². The molecule has 15 heavy (non-hydrogen) atoms. The molecule has 2 aromatic rings. The molecule has 0 radical (unpaired) electrons. The van der Waals surface area contributed by atoms with Crippen LogP contribution in [0.2, 0.25) is 0 Å². The molecular weight excluding hydrogens is 186 g/mol. The number of fused-ring (bicyclic) bond motifs is 3. The number of anilines is 1. The van der Waals surface area contributed by atoms with Crippen molar-refractivity contribution in [3.05, 3.63) is 24.3 Å². The number of hydrogen-bond donors (Lipinski definition) is 1. The van der Waals surface area contributed by atoms with Crippen molar-refractivity contribution in [3.8, 4) is 0 Å². The standard InChI is InChI=1S/C12H15N3/c1-8-7-9(2)15-11-6-4-3-5-10(11)14-12(15)13-8/h3-6,8-9H,7H2,1-2H3,(H,13,14). The largest absolute Gasteiger partial charge is 0.353 e. The molecule has 0 bridgehead atoms. The lowest BCUT2D eigenvalue weighted by atomic mass is 10.1. The molecule has 0 spiro atoms. The van der Waals surface area contributed by atoms with Crippen molar-refractivity contribution in [2.24, 2.45) is 0 Å². The first kappa shape index (κ1) is 8.77. The zero-order chi connectivity index (χ0) is 10.4. The monoisotopic (exact) mass is 201 g/mol. The summed E-state index contributed by atoms with van der Waals surface area (Å²) in [5.74, 6) is 1.02. The summed E-state index contributed by atoms with van der Waals surface area (Å²) in [6.45, 7) is 4.47. The summed E-state index contributed by atoms with van der Waals surface area (Å²) < 4.78 is 2.30. The normalized spacial score (nSPS) is 24.9. The average molecular weight is 201 g/mol. The number of hydrogen-bond acceptors (Lipinski definition) is 2. The van der Waals surface area contributed by atoms with Gasteiger partial charge in [-0.2, -0.15) is 0 Å². The Balaban J connectivity index is 2.27. The van der Waals surface area contributed by atoms with E-state index in [1.807, 2.05) is 6.07 Å². The van der Waals surface area contributed by atoms with Gasteiger partial charge < -0.3 is 9.88 Å². The van der Waals surface area contributed by atoms with Crippen LogP contribution in [0.1, 0.15) is 26.3 Å². The molecular formula is C12H15N3. The predicted molar refractivity (Wildman–Crippen MR) is 62.1 cm³/mol. The molecule has 1 N–H and O–H groups in total. The molecule has 0 saturated carbocycles. The maximum absolute atomic E-state index is 4.61. The van der Waals surface area contributed by atoms with Gasteiger partial charge in [-0.1, -0.05) is 12.1 Å². The highest BCUT2D eigenvalue weighted by atomic mass is 15.3. The smallest absolute Gasteiger partial charge is 0.204 e. The number of nitrogens with one attached hydrogen (secondary N) is 1. The summed E-state index contributed by atoms with van der Waals surface area (Å²) in [5, 5.41) is 3.43. The summed E-state index contributed by atoms with van der Waals surface area (Å²) >= 11 is 0. The Labute approximate surface area is 89.1 Å². The Morgan fingerprint density at radius 1 is 1.33 bits per heavy atom. The fourth-order valence-corrected chi connectivity index (χ4v) is 2.49. The summed E-state index contributed by atoms with van der Waals surface area (Å²) in [6.07, 6.45) is 1.16. The Hall–Kier alpha value is -1.51. The van der Waals surface area contributed by atoms with Gasteiger partial charge in [-0.3, -0.25) is 0 Å². The van der Waals surface area contributed by atoms with Gasteiger partial charge in [0.15, 0.2) is 0 Å². The summed E-state index contributed by atoms with van der Waals surface area (Å²) in [5.41, 5.74) is 2.32. The number of nitrogens with zero attached hydrogens (tertiary/aromatic N) is 2. The van der Waals surface area contributed by atoms with E-state index in [-0.39, 0.29) is 0 Å². The lowest BCUT2D eigenvalue weighted by molar-refractivity contribution is 0.459. The van der Waals surface area contributed by atoms with Crippen LogP contribution in [-0.2, 0) is 0 Å². The molecule has 3 rings (SSSR count). The van der Waals surface area contributed by atoms with Crippen molar-refractivity contribution in [2.75, 3.05) is 5.32 Å². The molecule has 2 heterocycles. The maximum atomic E-state index is 4.61. The third-order valence-corrected chi connectivity index (χ3v) is 3.11. The van der Waals surface area contributed by atoms with Gasteiger partial charge in [-0.15, -0.1) is 0 Å². The quantitative estimate of drug-likeness (QED) is 0.710. The first-order valence-corrected chi connectivity index (χ1v) is 5.49. The highest BCUT2D eigenvalue weighted by Gasteiger charge is 2.23. The Morgan fingerprint density at radius 2 is 2.13 bits per heavy atom. The van der Waals surface area contributed by atoms with Crippen LogP contribution in [0.3, 0.4) is 0 Å². The Bertz CT molecular complexity index is 501. The van der Waals surface area contributed by atoms with Crippen LogP contribution in [0.15, 0.2) is 24.3 Å². The molecule has 2 atom stereocenters. The summed E-state index contributed by atoms with van der Waals surface area (Å²) in [6, 6.07) is 9.37. The minimum Gasteiger partial charge on any atom is -0.353 e. The lowest BCUT2D eigenvalue weighted by Gasteiger charge is -2.28. The fourth-order valence-electron chi connectivity index (χ4n) is 2.49. The number of para-hydroxylation sites is 2. The van der Waals surface area contributed by atoms with Crippen LogP contribution in [0, 0.1) is 0 Å². The molecule has 1 aromatic carbocycles. The molecule has 78 valence electrons. The van der Waals surface area contributed by atoms with E-state index < -0.39 is 0 Å². The molecule has 0 aliphatic carbocycles. The van der Waals surface area contributed by atoms with Gasteiger partial charge in [0.25, 0.3) is 0 Å². The van der Waals surface area contributed by atoms with Gasteiger partial charge in [-0.25, -0.2) is 4.98 Å². The van der Waals surface area contributed by atoms with Crippen LogP contribution in [0.4, 0.5) is 5.95 Å². The van der Waals surface area contributed by atoms with Gasteiger partial charge in [0.2, 0.25) is 5.95 Å². The van der Waals surface area contributed by atoms with Crippen molar-refractivity contribution in [1.82, 2.24) is 9.55 Å². The van der Waals surface area contributed by atoms with E-state index in [1.54, 1.807) is 0 Å². The lowest BCUT2D eigenvalue weighted by Crippen LogP contribution is -2.28. The minimum absolute atomic E-state index is 0.518. The molecule has 3 heteroatoms. The van der Waals surface area contributed by atoms with E-state index in [0.717, 1.165) is 17.9 Å². The minimum atomic E-state index is 0.518. The molecule has 1 aromatic heterocycles. The number of imidazole rings is 1. The third kappa shape index (κ3) is 1.23. The molecule has 2 unspecified atom stereocenters. The predicted octanol–water partition coefficient (Wildman–Crippen LogP) is 2.80. The van der Waals surface area contributed by atoms with E-state index in [9.17, 15) is 0 Å². The van der Waals surface area contributed by atoms with Gasteiger partial charge in [0, 0.05) is 12.1 Å². The molecule has 3 nitrogen and oxygen atoms in total. The highest BCUT2D eigenvalue weighted by molar-refractivity contribution is 5.79. The number of benzene rings is 1. The maximum Gasteiger partial charge on any atom is 0.204 e. The average Bonchev–Trinajstić information content (AvgIpc) is 2.54. The summed E-state index contributed by atoms with van der Waals surface area (Å²) in [4.78, 5) is 4.61. The van der Waals surface area contributed by atoms with Crippen molar-refractivity contribution in [1.29, 1.82) is 0 Å². The zero-order valence-electron chi connectivity index (χ0n) is 9.07. The molecule has 1 aliphatic rings. The van der Waals surface area contributed by atoms with Crippen molar-refractivity contribution >= 4 is 17.0 Å². The van der Waals surface area contributed by atoms with E-state index in [4.69, 9.17) is 0 Å². The van der Waals surface area contributed by atoms with Crippen LogP contribution < -0.4 is 5.32 Å². The van der Waals surface area contributed by atoms with E-state index >= 15 is 0 Å². The molecule has 0 amide bonds. The van der Waals surface area contributed by atoms with Gasteiger partial charge in [0.1, 0.15) is 0 Å². The van der Waals surface area contributed by atoms with Crippen molar-refractivity contribution in [3.63, 3.8) is 0 Å². The second kappa shape index (κ2) is 2.99. The SMILES string of the molecule is CC1CC(C)n2c(nc3ccccc32)N1. The van der Waals surface area contributed by atoms with E-state index in [1.165, 1.54) is 5.52 Å². The first-order chi connectivity index (χ1) is 7.25. The van der Waals surface area contributed by atoms with Crippen LogP contribution in [0.25, 0.3) is 11.0 Å². The first-order valence-electron chi connectivity index (χ1n) is 5.49. The molecule has 0 saturated heterocycles. The Morgan fingerprint density at radius 3 is 3.00 bits per heavy atom. The second-order valence-corrected chi connectivity index (χ2v) is 4.42. The highest BCUT2D eigenvalue weighted by Crippen LogP contribution is 2.31. The van der Waals surface area contributed by atoms with Crippen LogP contribution in [0.5, 0.6) is 0 Å². The fraction of sp³-hybridized carbons (Fsp3) is 0.417. The zero-order valence-corrected chi connectivity index (χ0v) is 9.07. The van der Waals surface area contributed by atoms with Gasteiger partial charge >= 0.3 is 0 Å². The number of rotatable bonds is 0. The van der Waals surface area contributed by atoms with Crippen LogP contribution >= 0.6 is 0 Å². The summed E-state index contributed by atoms with van der Waals surface area (Å²) in [7, 11) is 0. The van der Waals surface area contributed by atoms with Gasteiger partial charge in [-0.05, 0) is 32.4 Å². The second-order valence-electron chi connectivity index (χ2n) is 4.42. The topological polar surface area (TPSA) is 29.9 Å². The molecule has 0 fully saturated rings.